The van der Waals surface area contributed by atoms with Gasteiger partial charge >= 0.3 is 5.97 Å². The van der Waals surface area contributed by atoms with Crippen molar-refractivity contribution in [3.8, 4) is 11.5 Å². The average molecular weight is 592 g/mol. The van der Waals surface area contributed by atoms with Crippen LogP contribution in [0.5, 0.6) is 11.5 Å². The molecule has 1 saturated carbocycles. The number of aryl methyl sites for hydroxylation is 1. The minimum Gasteiger partial charge on any atom is -0.496 e. The van der Waals surface area contributed by atoms with Gasteiger partial charge in [-0.2, -0.15) is 0 Å². The fraction of sp³-hybridized carbons (Fsp3) is 0.677. The molecule has 0 N–H and O–H groups in total. The van der Waals surface area contributed by atoms with Crippen LogP contribution in [-0.4, -0.2) is 52.8 Å². The Morgan fingerprint density at radius 2 is 1.65 bits per heavy atom. The van der Waals surface area contributed by atoms with E-state index in [0.29, 0.717) is 6.42 Å². The van der Waals surface area contributed by atoms with E-state index in [1.54, 1.807) is 25.6 Å². The van der Waals surface area contributed by atoms with Gasteiger partial charge in [-0.05, 0) is 69.4 Å². The molecule has 1 aliphatic carbocycles. The Morgan fingerprint density at radius 3 is 2.15 bits per heavy atom. The topological polar surface area (TPSA) is 76.1 Å². The molecule has 0 radical (unpaired) electrons. The fourth-order valence-electron chi connectivity index (χ4n) is 5.04. The van der Waals surface area contributed by atoms with Crippen molar-refractivity contribution in [3.05, 3.63) is 38.8 Å². The van der Waals surface area contributed by atoms with E-state index in [9.17, 15) is 4.79 Å². The van der Waals surface area contributed by atoms with Gasteiger partial charge in [-0.15, -0.1) is 11.3 Å². The number of esters is 1. The summed E-state index contributed by atoms with van der Waals surface area (Å²) in [6, 6.07) is 4.14. The lowest BCUT2D eigenvalue weighted by atomic mass is 9.99. The van der Waals surface area contributed by atoms with E-state index < -0.39 is 14.2 Å². The zero-order chi connectivity index (χ0) is 29.8. The van der Waals surface area contributed by atoms with Crippen LogP contribution in [0.25, 0.3) is 0 Å². The van der Waals surface area contributed by atoms with E-state index in [2.05, 4.69) is 46.0 Å². The highest BCUT2D eigenvalue weighted by atomic mass is 32.1. The Hall–Kier alpha value is -1.94. The standard InChI is InChI=1S/C31H49NO6SSi/c1-19-24(34-7)16-22(17-25(19)35-8)29(38-40(10,11)31(4,5)6)26(37-23-14-12-13-15-23)18-27-32-28(21(3)39-27)20(2)30(33)36-9/h16-17,20,23,26,29H,12-15,18H2,1-11H3/t20?,26-,29+/m0/s1. The molecular weight excluding hydrogens is 542 g/mol. The predicted octanol–water partition coefficient (Wildman–Crippen LogP) is 7.69. The highest BCUT2D eigenvalue weighted by Gasteiger charge is 2.43. The van der Waals surface area contributed by atoms with Crippen molar-refractivity contribution in [1.29, 1.82) is 0 Å². The molecule has 0 bridgehead atoms. The van der Waals surface area contributed by atoms with Crippen molar-refractivity contribution < 1.29 is 28.2 Å². The third kappa shape index (κ3) is 7.46. The van der Waals surface area contributed by atoms with Gasteiger partial charge < -0.3 is 23.4 Å². The summed E-state index contributed by atoms with van der Waals surface area (Å²) in [4.78, 5) is 18.3. The van der Waals surface area contributed by atoms with E-state index in [4.69, 9.17) is 28.4 Å². The maximum Gasteiger partial charge on any atom is 0.314 e. The quantitative estimate of drug-likeness (QED) is 0.185. The first-order valence-corrected chi connectivity index (χ1v) is 18.0. The lowest BCUT2D eigenvalue weighted by Crippen LogP contribution is -2.45. The van der Waals surface area contributed by atoms with E-state index in [0.717, 1.165) is 51.0 Å². The number of hydrogen-bond donors (Lipinski definition) is 0. The van der Waals surface area contributed by atoms with Crippen molar-refractivity contribution >= 4 is 25.6 Å². The highest BCUT2D eigenvalue weighted by Crippen LogP contribution is 2.44. The summed E-state index contributed by atoms with van der Waals surface area (Å²) in [5.74, 6) is 0.819. The number of nitrogens with zero attached hydrogens (tertiary/aromatic N) is 1. The van der Waals surface area contributed by atoms with Gasteiger partial charge in [0.25, 0.3) is 0 Å². The largest absolute Gasteiger partial charge is 0.496 e. The number of hydrogen-bond acceptors (Lipinski definition) is 8. The van der Waals surface area contributed by atoms with Crippen LogP contribution >= 0.6 is 11.3 Å². The molecular formula is C31H49NO6SSi. The van der Waals surface area contributed by atoms with Crippen molar-refractivity contribution in [2.45, 2.75) is 116 Å². The van der Waals surface area contributed by atoms with Gasteiger partial charge in [0.05, 0.1) is 56.3 Å². The normalized spacial score (nSPS) is 17.0. The van der Waals surface area contributed by atoms with Gasteiger partial charge in [-0.25, -0.2) is 4.98 Å². The second kappa shape index (κ2) is 13.4. The highest BCUT2D eigenvalue weighted by molar-refractivity contribution is 7.11. The minimum absolute atomic E-state index is 0.00289. The predicted molar refractivity (Wildman–Crippen MR) is 163 cm³/mol. The number of rotatable bonds is 12. The van der Waals surface area contributed by atoms with Gasteiger partial charge in [0, 0.05) is 16.9 Å². The molecule has 1 aromatic heterocycles. The lowest BCUT2D eigenvalue weighted by Gasteiger charge is -2.42. The van der Waals surface area contributed by atoms with Crippen LogP contribution in [0.15, 0.2) is 12.1 Å². The molecule has 0 aliphatic heterocycles. The molecule has 1 aromatic carbocycles. The van der Waals surface area contributed by atoms with Gasteiger partial charge in [-0.1, -0.05) is 33.6 Å². The Bertz CT molecular complexity index is 1130. The van der Waals surface area contributed by atoms with Crippen LogP contribution in [0.4, 0.5) is 0 Å². The Labute approximate surface area is 246 Å². The summed E-state index contributed by atoms with van der Waals surface area (Å²) >= 11 is 1.62. The Kier molecular flexibility index (Phi) is 10.9. The number of aromatic nitrogens is 1. The lowest BCUT2D eigenvalue weighted by molar-refractivity contribution is -0.142. The molecule has 7 nitrogen and oxygen atoms in total. The van der Waals surface area contributed by atoms with Gasteiger partial charge in [0.2, 0.25) is 0 Å². The van der Waals surface area contributed by atoms with Gasteiger partial charge in [-0.3, -0.25) is 4.79 Å². The molecule has 0 amide bonds. The number of methoxy groups -OCH3 is 3. The third-order valence-electron chi connectivity index (χ3n) is 8.56. The summed E-state index contributed by atoms with van der Waals surface area (Å²) in [5.41, 5.74) is 2.70. The van der Waals surface area contributed by atoms with E-state index in [1.807, 2.05) is 20.8 Å². The molecule has 3 rings (SSSR count). The first-order chi connectivity index (χ1) is 18.7. The van der Waals surface area contributed by atoms with Crippen LogP contribution in [0.2, 0.25) is 18.1 Å². The van der Waals surface area contributed by atoms with E-state index in [-0.39, 0.29) is 29.3 Å². The molecule has 1 unspecified atom stereocenters. The maximum absolute atomic E-state index is 12.3. The second-order valence-corrected chi connectivity index (χ2v) is 18.5. The van der Waals surface area contributed by atoms with Crippen molar-refractivity contribution in [2.75, 3.05) is 21.3 Å². The molecule has 2 aromatic rings. The smallest absolute Gasteiger partial charge is 0.314 e. The molecule has 1 aliphatic rings. The summed E-state index contributed by atoms with van der Waals surface area (Å²) in [5, 5.41) is 0.934. The summed E-state index contributed by atoms with van der Waals surface area (Å²) < 4.78 is 30.7. The number of benzene rings is 1. The molecule has 1 fully saturated rings. The van der Waals surface area contributed by atoms with Crippen LogP contribution in [-0.2, 0) is 25.1 Å². The monoisotopic (exact) mass is 591 g/mol. The van der Waals surface area contributed by atoms with E-state index >= 15 is 0 Å². The van der Waals surface area contributed by atoms with Crippen LogP contribution < -0.4 is 9.47 Å². The summed E-state index contributed by atoms with van der Waals surface area (Å²) in [6.45, 7) is 17.2. The molecule has 40 heavy (non-hydrogen) atoms. The molecule has 0 saturated heterocycles. The first-order valence-electron chi connectivity index (χ1n) is 14.3. The van der Waals surface area contributed by atoms with Crippen LogP contribution in [0.3, 0.4) is 0 Å². The van der Waals surface area contributed by atoms with Crippen molar-refractivity contribution in [2.24, 2.45) is 0 Å². The third-order valence-corrected chi connectivity index (χ3v) is 14.0. The van der Waals surface area contributed by atoms with Crippen molar-refractivity contribution in [1.82, 2.24) is 4.98 Å². The molecule has 1 heterocycles. The molecule has 224 valence electrons. The van der Waals surface area contributed by atoms with Crippen LogP contribution in [0, 0.1) is 13.8 Å². The van der Waals surface area contributed by atoms with Gasteiger partial charge in [0.1, 0.15) is 11.5 Å². The average Bonchev–Trinajstić information content (AvgIpc) is 3.54. The number of ether oxygens (including phenoxy) is 4. The first kappa shape index (κ1) is 32.6. The second-order valence-electron chi connectivity index (χ2n) is 12.4. The number of thiazole rings is 1. The molecule has 3 atom stereocenters. The minimum atomic E-state index is -2.24. The van der Waals surface area contributed by atoms with Crippen LogP contribution in [0.1, 0.15) is 92.1 Å². The molecule has 0 spiro atoms. The zero-order valence-electron chi connectivity index (χ0n) is 26.3. The van der Waals surface area contributed by atoms with E-state index in [1.165, 1.54) is 20.0 Å². The number of carbonyl (C=O) groups is 1. The fourth-order valence-corrected chi connectivity index (χ4v) is 7.38. The van der Waals surface area contributed by atoms with Gasteiger partial charge in [0.15, 0.2) is 8.32 Å². The van der Waals surface area contributed by atoms with Crippen molar-refractivity contribution in [3.63, 3.8) is 0 Å². The summed E-state index contributed by atoms with van der Waals surface area (Å²) in [7, 11) is 2.55. The Morgan fingerprint density at radius 1 is 1.07 bits per heavy atom. The SMILES string of the molecule is COC(=O)C(C)c1nc(C[C@H](OC2CCCC2)[C@H](O[Si](C)(C)C(C)(C)C)c2cc(OC)c(C)c(OC)c2)sc1C. The summed E-state index contributed by atoms with van der Waals surface area (Å²) in [6.07, 6.45) is 4.57. The zero-order valence-corrected chi connectivity index (χ0v) is 28.1. The molecule has 9 heteroatoms. The maximum atomic E-state index is 12.3. The number of carbonyl (C=O) groups excluding carboxylic acids is 1. The Balaban J connectivity index is 2.12.